The normalized spacial score (nSPS) is 14.1. The van der Waals surface area contributed by atoms with E-state index in [1.165, 1.54) is 37.7 Å². The van der Waals surface area contributed by atoms with Gasteiger partial charge >= 0.3 is 0 Å². The van der Waals surface area contributed by atoms with Gasteiger partial charge in [-0.3, -0.25) is 9.36 Å². The summed E-state index contributed by atoms with van der Waals surface area (Å²) in [5.74, 6) is 6.35. The molecule has 0 unspecified atom stereocenters. The van der Waals surface area contributed by atoms with Gasteiger partial charge in [-0.15, -0.1) is 0 Å². The summed E-state index contributed by atoms with van der Waals surface area (Å²) in [4.78, 5) is 24.7. The van der Waals surface area contributed by atoms with Gasteiger partial charge in [0.2, 0.25) is 5.95 Å². The molecule has 2 aromatic carbocycles. The molecule has 10 heteroatoms. The Morgan fingerprint density at radius 2 is 2.02 bits per heavy atom. The molecule has 0 radical (unpaired) electrons. The number of benzene rings is 2. The largest absolute Gasteiger partial charge is 0.490 e. The van der Waals surface area contributed by atoms with Crippen LogP contribution in [0.15, 0.2) is 53.6 Å². The molecule has 206 valence electrons. The smallest absolute Gasteiger partial charge is 0.266 e. The van der Waals surface area contributed by atoms with Gasteiger partial charge in [-0.25, -0.2) is 14.4 Å². The van der Waals surface area contributed by atoms with Crippen molar-refractivity contribution in [2.24, 2.45) is 0 Å². The van der Waals surface area contributed by atoms with Crippen molar-refractivity contribution in [3.05, 3.63) is 81.1 Å². The second-order valence-corrected chi connectivity index (χ2v) is 10.1. The highest BCUT2D eigenvalue weighted by Crippen LogP contribution is 2.28. The number of hydrogen-bond acceptors (Lipinski definition) is 7. The molecule has 0 saturated carbocycles. The minimum atomic E-state index is -0.637. The molecule has 0 spiro atoms. The molecule has 2 aromatic heterocycles. The molecule has 0 aliphatic carbocycles. The highest BCUT2D eigenvalue weighted by Gasteiger charge is 2.19. The van der Waals surface area contributed by atoms with Gasteiger partial charge in [-0.05, 0) is 62.7 Å². The quantitative estimate of drug-likeness (QED) is 0.328. The van der Waals surface area contributed by atoms with Gasteiger partial charge in [0, 0.05) is 38.3 Å². The zero-order valence-corrected chi connectivity index (χ0v) is 23.3. The van der Waals surface area contributed by atoms with Crippen LogP contribution in [-0.4, -0.2) is 59.4 Å². The molecule has 4 aromatic rings. The van der Waals surface area contributed by atoms with E-state index in [0.717, 1.165) is 47.5 Å². The lowest BCUT2D eigenvalue weighted by atomic mass is 10.1. The highest BCUT2D eigenvalue weighted by atomic mass is 35.5. The van der Waals surface area contributed by atoms with Gasteiger partial charge < -0.3 is 19.7 Å². The van der Waals surface area contributed by atoms with Crippen molar-refractivity contribution in [2.75, 3.05) is 39.2 Å². The van der Waals surface area contributed by atoms with Crippen molar-refractivity contribution in [2.45, 2.75) is 25.9 Å². The molecule has 1 aliphatic rings. The fourth-order valence-corrected chi connectivity index (χ4v) is 4.89. The summed E-state index contributed by atoms with van der Waals surface area (Å²) in [5.41, 5.74) is 1.90. The Hall–Kier alpha value is -3.97. The van der Waals surface area contributed by atoms with Crippen molar-refractivity contribution in [3.63, 3.8) is 0 Å². The molecule has 0 bridgehead atoms. The number of likely N-dealkylation sites (tertiary alicyclic amines) is 1. The summed E-state index contributed by atoms with van der Waals surface area (Å²) < 4.78 is 27.2. The number of hydrogen-bond donors (Lipinski definition) is 1. The third-order valence-corrected chi connectivity index (χ3v) is 7.06. The van der Waals surface area contributed by atoms with Crippen LogP contribution in [0.5, 0.6) is 5.75 Å². The first-order valence-corrected chi connectivity index (χ1v) is 13.3. The predicted octanol–water partition coefficient (Wildman–Crippen LogP) is 5.10. The first-order chi connectivity index (χ1) is 19.3. The zero-order valence-electron chi connectivity index (χ0n) is 22.5. The number of anilines is 2. The molecular formula is C30H29ClFN5O3. The number of aryl methyl sites for hydroxylation is 1. The van der Waals surface area contributed by atoms with Crippen molar-refractivity contribution in [1.29, 1.82) is 0 Å². The Labute approximate surface area is 236 Å². The lowest BCUT2D eigenvalue weighted by molar-refractivity contribution is 0.113. The number of nitrogens with zero attached hydrogens (tertiary/aromatic N) is 4. The Bertz CT molecular complexity index is 1650. The van der Waals surface area contributed by atoms with Crippen LogP contribution in [-0.2, 0) is 4.74 Å². The zero-order chi connectivity index (χ0) is 28.2. The molecule has 1 saturated heterocycles. The van der Waals surface area contributed by atoms with Gasteiger partial charge in [0.1, 0.15) is 30.0 Å². The van der Waals surface area contributed by atoms with E-state index in [-0.39, 0.29) is 34.8 Å². The maximum absolute atomic E-state index is 14.7. The Kier molecular flexibility index (Phi) is 8.31. The van der Waals surface area contributed by atoms with Gasteiger partial charge in [-0.1, -0.05) is 29.5 Å². The van der Waals surface area contributed by atoms with Crippen LogP contribution in [0.2, 0.25) is 5.02 Å². The van der Waals surface area contributed by atoms with E-state index in [2.05, 4.69) is 39.1 Å². The third kappa shape index (κ3) is 5.94. The number of fused-ring (bicyclic) bond motifs is 1. The molecule has 3 heterocycles. The fourth-order valence-electron chi connectivity index (χ4n) is 4.63. The number of pyridine rings is 1. The number of methoxy groups -OCH3 is 1. The first-order valence-electron chi connectivity index (χ1n) is 12.9. The maximum atomic E-state index is 14.7. The van der Waals surface area contributed by atoms with E-state index in [1.807, 2.05) is 25.1 Å². The van der Waals surface area contributed by atoms with E-state index in [9.17, 15) is 9.18 Å². The third-order valence-electron chi connectivity index (χ3n) is 6.76. The van der Waals surface area contributed by atoms with Gasteiger partial charge in [0.15, 0.2) is 0 Å². The average molecular weight is 562 g/mol. The fraction of sp³-hybridized carbons (Fsp3) is 0.300. The molecule has 1 aliphatic heterocycles. The summed E-state index contributed by atoms with van der Waals surface area (Å²) in [6, 6.07) is 10.0. The molecule has 1 N–H and O–H groups in total. The Morgan fingerprint density at radius 3 is 2.75 bits per heavy atom. The summed E-state index contributed by atoms with van der Waals surface area (Å²) in [7, 11) is 3.66. The van der Waals surface area contributed by atoms with Crippen LogP contribution in [0.1, 0.15) is 24.0 Å². The SMILES string of the molecule is COCC#Cc1cn(-c2c(F)cccc2Cl)c(=O)c2cnc(Nc3ccc(OC4CCN(C)CC4)c(C)c3)nc12. The van der Waals surface area contributed by atoms with Crippen LogP contribution in [0.4, 0.5) is 16.0 Å². The van der Waals surface area contributed by atoms with Gasteiger partial charge in [-0.2, -0.15) is 0 Å². The number of piperidine rings is 1. The summed E-state index contributed by atoms with van der Waals surface area (Å²) in [6.45, 7) is 4.22. The van der Waals surface area contributed by atoms with E-state index < -0.39 is 11.4 Å². The van der Waals surface area contributed by atoms with Gasteiger partial charge in [0.25, 0.3) is 5.56 Å². The van der Waals surface area contributed by atoms with Crippen molar-refractivity contribution in [1.82, 2.24) is 19.4 Å². The number of ether oxygens (including phenoxy) is 2. The topological polar surface area (TPSA) is 81.5 Å². The summed E-state index contributed by atoms with van der Waals surface area (Å²) >= 11 is 6.26. The number of halogens is 2. The highest BCUT2D eigenvalue weighted by molar-refractivity contribution is 6.32. The molecular weight excluding hydrogens is 533 g/mol. The molecule has 5 rings (SSSR count). The van der Waals surface area contributed by atoms with Crippen LogP contribution in [0.3, 0.4) is 0 Å². The Balaban J connectivity index is 1.48. The summed E-state index contributed by atoms with van der Waals surface area (Å²) in [5, 5.41) is 3.47. The lowest BCUT2D eigenvalue weighted by Gasteiger charge is -2.29. The van der Waals surface area contributed by atoms with Crippen LogP contribution >= 0.6 is 11.6 Å². The van der Waals surface area contributed by atoms with E-state index in [4.69, 9.17) is 21.1 Å². The van der Waals surface area contributed by atoms with Crippen molar-refractivity contribution >= 4 is 34.1 Å². The minimum Gasteiger partial charge on any atom is -0.490 e. The molecule has 40 heavy (non-hydrogen) atoms. The van der Waals surface area contributed by atoms with Crippen molar-refractivity contribution < 1.29 is 13.9 Å². The number of nitrogens with one attached hydrogen (secondary N) is 1. The Morgan fingerprint density at radius 1 is 1.23 bits per heavy atom. The van der Waals surface area contributed by atoms with Crippen molar-refractivity contribution in [3.8, 4) is 23.3 Å². The standard InChI is InChI=1S/C30H29ClFN5O3/c1-19-16-21(9-10-26(19)40-22-11-13-36(2)14-12-22)34-30-33-17-23-27(35-30)20(6-5-15-39-3)18-37(29(23)38)28-24(31)7-4-8-25(28)32/h4,7-10,16-18,22H,11-15H2,1-3H3,(H,33,34,35). The maximum Gasteiger partial charge on any atom is 0.266 e. The van der Waals surface area contributed by atoms with E-state index in [0.29, 0.717) is 11.1 Å². The second-order valence-electron chi connectivity index (χ2n) is 9.70. The molecule has 0 amide bonds. The molecule has 0 atom stereocenters. The monoisotopic (exact) mass is 561 g/mol. The van der Waals surface area contributed by atoms with Crippen LogP contribution in [0.25, 0.3) is 16.6 Å². The molecule has 1 fully saturated rings. The van der Waals surface area contributed by atoms with Crippen LogP contribution < -0.4 is 15.6 Å². The minimum absolute atomic E-state index is 0.0638. The molecule has 8 nitrogen and oxygen atoms in total. The summed E-state index contributed by atoms with van der Waals surface area (Å²) in [6.07, 6.45) is 5.05. The number of rotatable bonds is 6. The number of aromatic nitrogens is 3. The first kappa shape index (κ1) is 27.6. The predicted molar refractivity (Wildman–Crippen MR) is 154 cm³/mol. The van der Waals surface area contributed by atoms with E-state index in [1.54, 1.807) is 0 Å². The van der Waals surface area contributed by atoms with E-state index >= 15 is 0 Å². The van der Waals surface area contributed by atoms with Gasteiger partial charge in [0.05, 0.1) is 21.5 Å². The second kappa shape index (κ2) is 12.0. The lowest BCUT2D eigenvalue weighted by Crippen LogP contribution is -2.35. The average Bonchev–Trinajstić information content (AvgIpc) is 2.93. The number of para-hydroxylation sites is 1. The van der Waals surface area contributed by atoms with Crippen LogP contribution in [0, 0.1) is 24.6 Å².